The number of halogens is 4. The number of methoxy groups -OCH3 is 3. The second-order valence-corrected chi connectivity index (χ2v) is 6.94. The van der Waals surface area contributed by atoms with Crippen LogP contribution in [0.2, 0.25) is 0 Å². The predicted octanol–water partition coefficient (Wildman–Crippen LogP) is 4.74. The lowest BCUT2D eigenvalue weighted by atomic mass is 10.1. The molecule has 178 valence electrons. The van der Waals surface area contributed by atoms with Gasteiger partial charge in [0.2, 0.25) is 11.0 Å². The largest absolute Gasteiger partial charge is 0.673 e. The highest BCUT2D eigenvalue weighted by Gasteiger charge is 2.20. The molecule has 0 aliphatic heterocycles. The summed E-state index contributed by atoms with van der Waals surface area (Å²) in [4.78, 5) is 3.49. The third-order valence-corrected chi connectivity index (χ3v) is 4.73. The number of ether oxygens (including phenoxy) is 3. The predicted molar refractivity (Wildman–Crippen MR) is 122 cm³/mol. The van der Waals surface area contributed by atoms with Gasteiger partial charge in [0, 0.05) is 17.7 Å². The Morgan fingerprint density at radius 2 is 1.35 bits per heavy atom. The summed E-state index contributed by atoms with van der Waals surface area (Å²) in [5.74, 6) is 2.98. The van der Waals surface area contributed by atoms with Crippen molar-refractivity contribution in [2.45, 2.75) is 0 Å². The van der Waals surface area contributed by atoms with Crippen LogP contribution < -0.4 is 24.6 Å². The summed E-state index contributed by atoms with van der Waals surface area (Å²) in [6.07, 6.45) is 0. The lowest BCUT2D eigenvalue weighted by Gasteiger charge is -2.05. The van der Waals surface area contributed by atoms with Gasteiger partial charge >= 0.3 is 7.25 Å². The van der Waals surface area contributed by atoms with Gasteiger partial charge in [-0.2, -0.15) is 0 Å². The van der Waals surface area contributed by atoms with Gasteiger partial charge in [0.25, 0.3) is 0 Å². The molecule has 1 N–H and O–H groups in total. The van der Waals surface area contributed by atoms with Crippen LogP contribution >= 0.6 is 0 Å². The van der Waals surface area contributed by atoms with E-state index in [-0.39, 0.29) is 0 Å². The van der Waals surface area contributed by atoms with Crippen molar-refractivity contribution in [3.05, 3.63) is 78.2 Å². The molecule has 0 saturated heterocycles. The molecule has 4 rings (SSSR count). The van der Waals surface area contributed by atoms with Gasteiger partial charge in [-0.3, -0.25) is 0 Å². The zero-order valence-corrected chi connectivity index (χ0v) is 18.7. The molecule has 1 aromatic heterocycles. The number of benzene rings is 3. The van der Waals surface area contributed by atoms with Crippen LogP contribution in [0.1, 0.15) is 0 Å². The van der Waals surface area contributed by atoms with Crippen LogP contribution in [0, 0.1) is 0 Å². The highest BCUT2D eigenvalue weighted by molar-refractivity contribution is 6.50. The Morgan fingerprint density at radius 3 is 1.97 bits per heavy atom. The van der Waals surface area contributed by atoms with Gasteiger partial charge in [0.15, 0.2) is 5.75 Å². The van der Waals surface area contributed by atoms with Crippen molar-refractivity contribution in [1.29, 1.82) is 0 Å². The smallest absolute Gasteiger partial charge is 0.497 e. The van der Waals surface area contributed by atoms with E-state index in [1.165, 1.54) is 0 Å². The molecule has 0 aliphatic rings. The maximum absolute atomic E-state index is 9.75. The minimum atomic E-state index is -6.00. The number of rotatable bonds is 5. The molecule has 0 saturated carbocycles. The van der Waals surface area contributed by atoms with Crippen LogP contribution in [0.3, 0.4) is 0 Å². The Labute approximate surface area is 193 Å². The summed E-state index contributed by atoms with van der Waals surface area (Å²) < 4.78 is 61.2. The van der Waals surface area contributed by atoms with Gasteiger partial charge in [0.05, 0.1) is 32.8 Å². The molecule has 0 aliphatic carbocycles. The standard InChI is InChI=1S/C24H21NO4.BF4/c1-26-17-10-8-16(9-11-17)23-15-21(19-6-4-5-7-22(19)29-23)25-20-13-12-18(27-2)14-24(20)28-3;2-1(3,4)5/h4-15H,1-3H3;/q;-1/p+1. The van der Waals surface area contributed by atoms with E-state index in [2.05, 4.69) is 4.99 Å². The Morgan fingerprint density at radius 1 is 0.735 bits per heavy atom. The molecule has 10 heteroatoms. The van der Waals surface area contributed by atoms with E-state index < -0.39 is 7.25 Å². The molecule has 0 bridgehead atoms. The van der Waals surface area contributed by atoms with Gasteiger partial charge in [-0.1, -0.05) is 12.1 Å². The summed E-state index contributed by atoms with van der Waals surface area (Å²) in [6, 6.07) is 23.4. The van der Waals surface area contributed by atoms with Crippen LogP contribution in [0.15, 0.2) is 77.2 Å². The molecular weight excluding hydrogens is 453 g/mol. The van der Waals surface area contributed by atoms with Crippen molar-refractivity contribution < 1.29 is 40.9 Å². The third kappa shape index (κ3) is 6.54. The minimum Gasteiger partial charge on any atom is -0.497 e. The maximum atomic E-state index is 9.75. The molecule has 0 radical (unpaired) electrons. The van der Waals surface area contributed by atoms with Gasteiger partial charge < -0.3 is 35.9 Å². The lowest BCUT2D eigenvalue weighted by Crippen LogP contribution is -2.70. The van der Waals surface area contributed by atoms with Crippen molar-refractivity contribution in [3.63, 3.8) is 0 Å². The van der Waals surface area contributed by atoms with Crippen molar-refractivity contribution in [2.24, 2.45) is 0 Å². The lowest BCUT2D eigenvalue weighted by molar-refractivity contribution is -0.401. The normalized spacial score (nSPS) is 11.6. The Hall–Kier alpha value is -3.95. The molecule has 0 unspecified atom stereocenters. The summed E-state index contributed by atoms with van der Waals surface area (Å²) in [5.41, 5.74) is 2.59. The number of nitrogens with one attached hydrogen (secondary N) is 1. The van der Waals surface area contributed by atoms with E-state index >= 15 is 0 Å². The fourth-order valence-electron chi connectivity index (χ4n) is 3.18. The van der Waals surface area contributed by atoms with Gasteiger partial charge in [-0.25, -0.2) is 4.99 Å². The van der Waals surface area contributed by atoms with E-state index in [9.17, 15) is 17.3 Å². The fourth-order valence-corrected chi connectivity index (χ4v) is 3.18. The molecule has 5 nitrogen and oxygen atoms in total. The van der Waals surface area contributed by atoms with Crippen LogP contribution in [0.25, 0.3) is 22.3 Å². The summed E-state index contributed by atoms with van der Waals surface area (Å²) in [6.45, 7) is 0. The first-order valence-corrected chi connectivity index (χ1v) is 10.1. The molecule has 0 amide bonds. The van der Waals surface area contributed by atoms with Crippen LogP contribution in [0.4, 0.5) is 23.0 Å². The second-order valence-electron chi connectivity index (χ2n) is 6.94. The van der Waals surface area contributed by atoms with Gasteiger partial charge in [-0.05, 0) is 42.5 Å². The zero-order chi connectivity index (χ0) is 24.7. The summed E-state index contributed by atoms with van der Waals surface area (Å²) >= 11 is 0. The summed E-state index contributed by atoms with van der Waals surface area (Å²) in [7, 11) is -1.07. The van der Waals surface area contributed by atoms with Gasteiger partial charge in [-0.15, -0.1) is 0 Å². The molecule has 0 spiro atoms. The average molecular weight is 475 g/mol. The van der Waals surface area contributed by atoms with Crippen molar-refractivity contribution in [3.8, 4) is 28.6 Å². The van der Waals surface area contributed by atoms with Gasteiger partial charge in [0.1, 0.15) is 22.8 Å². The average Bonchev–Trinajstić information content (AvgIpc) is 2.83. The first-order chi connectivity index (χ1) is 16.2. The molecule has 4 aromatic rings. The molecule has 0 atom stereocenters. The highest BCUT2D eigenvalue weighted by atomic mass is 19.5. The number of fused-ring (bicyclic) bond motifs is 1. The van der Waals surface area contributed by atoms with E-state index in [4.69, 9.17) is 18.6 Å². The first kappa shape index (κ1) is 24.7. The first-order valence-electron chi connectivity index (χ1n) is 10.1. The van der Waals surface area contributed by atoms with Crippen LogP contribution in [-0.4, -0.2) is 28.6 Å². The number of hydrogen-bond acceptors (Lipinski definition) is 4. The quantitative estimate of drug-likeness (QED) is 0.335. The van der Waals surface area contributed by atoms with Crippen molar-refractivity contribution in [2.75, 3.05) is 21.3 Å². The van der Waals surface area contributed by atoms with Crippen molar-refractivity contribution >= 4 is 23.9 Å². The topological polar surface area (TPSA) is 54.8 Å². The number of hydrogen-bond donors (Lipinski definition) is 1. The Kier molecular flexibility index (Phi) is 7.83. The SMILES string of the molecule is COc1ccc(-c2cc(=[NH+]c3ccc(OC)cc3OC)c3ccccc3o2)cc1.F[B-](F)(F)F. The van der Waals surface area contributed by atoms with E-state index in [1.807, 2.05) is 72.8 Å². The number of para-hydroxylation sites is 1. The Balaban J connectivity index is 0.000000588. The van der Waals surface area contributed by atoms with E-state index in [0.29, 0.717) is 5.75 Å². The van der Waals surface area contributed by atoms with Crippen molar-refractivity contribution in [1.82, 2.24) is 0 Å². The summed E-state index contributed by atoms with van der Waals surface area (Å²) in [5, 5.41) is 1.89. The molecular formula is C24H22BF4NO4. The minimum absolute atomic E-state index is 0.695. The monoisotopic (exact) mass is 475 g/mol. The maximum Gasteiger partial charge on any atom is 0.673 e. The Bertz CT molecular complexity index is 1320. The highest BCUT2D eigenvalue weighted by Crippen LogP contribution is 2.26. The molecule has 0 fully saturated rings. The van der Waals surface area contributed by atoms with Crippen LogP contribution in [-0.2, 0) is 0 Å². The molecule has 34 heavy (non-hydrogen) atoms. The van der Waals surface area contributed by atoms with E-state index in [1.54, 1.807) is 21.3 Å². The fraction of sp³-hybridized carbons (Fsp3) is 0.125. The molecule has 3 aromatic carbocycles. The van der Waals surface area contributed by atoms with E-state index in [0.717, 1.165) is 44.8 Å². The molecule has 1 heterocycles. The van der Waals surface area contributed by atoms with Crippen LogP contribution in [0.5, 0.6) is 17.2 Å². The zero-order valence-electron chi connectivity index (χ0n) is 18.7. The second kappa shape index (κ2) is 10.8. The third-order valence-electron chi connectivity index (χ3n) is 4.73.